The lowest BCUT2D eigenvalue weighted by molar-refractivity contribution is -0.151. The third-order valence-electron chi connectivity index (χ3n) is 4.68. The van der Waals surface area contributed by atoms with Crippen molar-refractivity contribution in [2.45, 2.75) is 19.3 Å². The van der Waals surface area contributed by atoms with E-state index in [1.807, 2.05) is 29.6 Å². The molecule has 6 heteroatoms. The lowest BCUT2D eigenvalue weighted by Gasteiger charge is -2.30. The number of ketones is 1. The van der Waals surface area contributed by atoms with Crippen LogP contribution in [0.3, 0.4) is 0 Å². The van der Waals surface area contributed by atoms with Crippen LogP contribution in [0, 0.1) is 5.92 Å². The third-order valence-corrected chi connectivity index (χ3v) is 5.62. The molecule has 0 saturated carbocycles. The fourth-order valence-corrected chi connectivity index (χ4v) is 4.27. The summed E-state index contributed by atoms with van der Waals surface area (Å²) in [5.74, 6) is -0.910. The van der Waals surface area contributed by atoms with Crippen molar-refractivity contribution in [1.29, 1.82) is 0 Å². The first-order chi connectivity index (χ1) is 13.1. The van der Waals surface area contributed by atoms with Gasteiger partial charge < -0.3 is 14.2 Å². The molecule has 27 heavy (non-hydrogen) atoms. The molecule has 1 heterocycles. The highest BCUT2D eigenvalue weighted by molar-refractivity contribution is 7.11. The van der Waals surface area contributed by atoms with Crippen LogP contribution in [0.5, 0.6) is 11.5 Å². The van der Waals surface area contributed by atoms with Crippen molar-refractivity contribution in [3.05, 3.63) is 52.2 Å². The van der Waals surface area contributed by atoms with Crippen LogP contribution in [0.4, 0.5) is 0 Å². The number of benzene rings is 1. The smallest absolute Gasteiger partial charge is 0.317 e. The molecule has 0 unspecified atom stereocenters. The van der Waals surface area contributed by atoms with Crippen molar-refractivity contribution in [3.8, 4) is 11.5 Å². The van der Waals surface area contributed by atoms with Gasteiger partial charge in [-0.1, -0.05) is 18.2 Å². The van der Waals surface area contributed by atoms with Gasteiger partial charge in [0.1, 0.15) is 5.92 Å². The van der Waals surface area contributed by atoms with Gasteiger partial charge in [0.05, 0.1) is 20.8 Å². The van der Waals surface area contributed by atoms with Crippen molar-refractivity contribution in [2.75, 3.05) is 20.8 Å². The van der Waals surface area contributed by atoms with Crippen LogP contribution in [0.2, 0.25) is 0 Å². The molecule has 0 saturated heterocycles. The van der Waals surface area contributed by atoms with Gasteiger partial charge in [-0.3, -0.25) is 9.59 Å². The van der Waals surface area contributed by atoms with Gasteiger partial charge in [-0.2, -0.15) is 0 Å². The molecule has 1 aromatic carbocycles. The Morgan fingerprint density at radius 2 is 2.00 bits per heavy atom. The molecule has 0 bridgehead atoms. The van der Waals surface area contributed by atoms with E-state index in [0.717, 1.165) is 16.0 Å². The predicted molar refractivity (Wildman–Crippen MR) is 104 cm³/mol. The number of allylic oxidation sites excluding steroid dienone is 2. The molecule has 0 amide bonds. The highest BCUT2D eigenvalue weighted by Crippen LogP contribution is 2.46. The Labute approximate surface area is 162 Å². The summed E-state index contributed by atoms with van der Waals surface area (Å²) in [6, 6.07) is 9.44. The van der Waals surface area contributed by atoms with Crippen molar-refractivity contribution in [2.24, 2.45) is 5.92 Å². The molecule has 0 spiro atoms. The monoisotopic (exact) mass is 386 g/mol. The number of para-hydroxylation sites is 1. The number of carbonyl (C=O) groups is 2. The SMILES string of the molecule is CCOC(=O)[C@H]1C(=O)C=C(c2cccs2)C[C@@H]1c1cccc(OC)c1OC. The van der Waals surface area contributed by atoms with Gasteiger partial charge in [0.2, 0.25) is 0 Å². The number of methoxy groups -OCH3 is 2. The summed E-state index contributed by atoms with van der Waals surface area (Å²) in [5.41, 5.74) is 1.69. The maximum Gasteiger partial charge on any atom is 0.317 e. The highest BCUT2D eigenvalue weighted by Gasteiger charge is 2.41. The summed E-state index contributed by atoms with van der Waals surface area (Å²) in [7, 11) is 3.12. The van der Waals surface area contributed by atoms with Crippen LogP contribution in [0.15, 0.2) is 41.8 Å². The third kappa shape index (κ3) is 3.76. The van der Waals surface area contributed by atoms with E-state index in [1.165, 1.54) is 0 Å². The summed E-state index contributed by atoms with van der Waals surface area (Å²) in [6.45, 7) is 1.96. The van der Waals surface area contributed by atoms with Crippen molar-refractivity contribution >= 4 is 28.7 Å². The van der Waals surface area contributed by atoms with E-state index in [1.54, 1.807) is 44.6 Å². The van der Waals surface area contributed by atoms with E-state index in [0.29, 0.717) is 17.9 Å². The first kappa shape index (κ1) is 19.2. The maximum atomic E-state index is 12.9. The molecule has 1 aromatic heterocycles. The molecule has 142 valence electrons. The molecular formula is C21H22O5S. The maximum absolute atomic E-state index is 12.9. The standard InChI is InChI=1S/C21H22O5S/c1-4-26-21(23)19-15(14-7-5-8-17(24-2)20(14)25-3)11-13(12-16(19)22)18-9-6-10-27-18/h5-10,12,15,19H,4,11H2,1-3H3/t15-,19-/m1/s1. The lowest BCUT2D eigenvalue weighted by Crippen LogP contribution is -2.34. The molecule has 0 N–H and O–H groups in total. The lowest BCUT2D eigenvalue weighted by atomic mass is 9.74. The van der Waals surface area contributed by atoms with Crippen molar-refractivity contribution in [3.63, 3.8) is 0 Å². The molecule has 0 fully saturated rings. The Kier molecular flexibility index (Phi) is 5.96. The second-order valence-electron chi connectivity index (χ2n) is 6.17. The minimum absolute atomic E-state index is 0.228. The van der Waals surface area contributed by atoms with E-state index in [2.05, 4.69) is 0 Å². The van der Waals surface area contributed by atoms with Crippen molar-refractivity contribution in [1.82, 2.24) is 0 Å². The Morgan fingerprint density at radius 1 is 1.19 bits per heavy atom. The Morgan fingerprint density at radius 3 is 2.63 bits per heavy atom. The van der Waals surface area contributed by atoms with E-state index < -0.39 is 11.9 Å². The largest absolute Gasteiger partial charge is 0.493 e. The van der Waals surface area contributed by atoms with Crippen LogP contribution < -0.4 is 9.47 Å². The van der Waals surface area contributed by atoms with Crippen LogP contribution in [-0.2, 0) is 14.3 Å². The minimum Gasteiger partial charge on any atom is -0.493 e. The summed E-state index contributed by atoms with van der Waals surface area (Å²) < 4.78 is 16.2. The van der Waals surface area contributed by atoms with E-state index in [4.69, 9.17) is 14.2 Å². The quantitative estimate of drug-likeness (QED) is 0.553. The van der Waals surface area contributed by atoms with E-state index in [-0.39, 0.29) is 18.3 Å². The zero-order valence-electron chi connectivity index (χ0n) is 15.6. The molecule has 5 nitrogen and oxygen atoms in total. The molecule has 2 aromatic rings. The van der Waals surface area contributed by atoms with Gasteiger partial charge in [-0.15, -0.1) is 11.3 Å². The molecule has 0 radical (unpaired) electrons. The normalized spacial score (nSPS) is 19.4. The Hall–Kier alpha value is -2.60. The molecule has 0 aliphatic heterocycles. The van der Waals surface area contributed by atoms with Gasteiger partial charge in [0.15, 0.2) is 17.3 Å². The summed E-state index contributed by atoms with van der Waals surface area (Å²) >= 11 is 1.57. The van der Waals surface area contributed by atoms with Crippen LogP contribution >= 0.6 is 11.3 Å². The average molecular weight is 386 g/mol. The summed E-state index contributed by atoms with van der Waals surface area (Å²) in [6.07, 6.45) is 2.12. The highest BCUT2D eigenvalue weighted by atomic mass is 32.1. The number of hydrogen-bond donors (Lipinski definition) is 0. The molecule has 3 rings (SSSR count). The average Bonchev–Trinajstić information content (AvgIpc) is 3.21. The fourth-order valence-electron chi connectivity index (χ4n) is 3.51. The molecule has 1 aliphatic rings. The van der Waals surface area contributed by atoms with Gasteiger partial charge in [-0.05, 0) is 42.5 Å². The van der Waals surface area contributed by atoms with Gasteiger partial charge >= 0.3 is 5.97 Å². The second kappa shape index (κ2) is 8.39. The first-order valence-electron chi connectivity index (χ1n) is 8.76. The molecule has 2 atom stereocenters. The number of esters is 1. The number of hydrogen-bond acceptors (Lipinski definition) is 6. The topological polar surface area (TPSA) is 61.8 Å². The second-order valence-corrected chi connectivity index (χ2v) is 7.12. The Balaban J connectivity index is 2.10. The molecular weight excluding hydrogens is 364 g/mol. The zero-order chi connectivity index (χ0) is 19.4. The summed E-state index contributed by atoms with van der Waals surface area (Å²) in [4.78, 5) is 26.5. The Bertz CT molecular complexity index is 853. The van der Waals surface area contributed by atoms with E-state index >= 15 is 0 Å². The van der Waals surface area contributed by atoms with E-state index in [9.17, 15) is 9.59 Å². The number of rotatable bonds is 6. The number of ether oxygens (including phenoxy) is 3. The van der Waals surface area contributed by atoms with Crippen LogP contribution in [0.25, 0.3) is 5.57 Å². The van der Waals surface area contributed by atoms with Crippen molar-refractivity contribution < 1.29 is 23.8 Å². The molecule has 1 aliphatic carbocycles. The fraction of sp³-hybridized carbons (Fsp3) is 0.333. The first-order valence-corrected chi connectivity index (χ1v) is 9.64. The zero-order valence-corrected chi connectivity index (χ0v) is 16.4. The predicted octanol–water partition coefficient (Wildman–Crippen LogP) is 4.08. The van der Waals surface area contributed by atoms with Crippen LogP contribution in [-0.4, -0.2) is 32.6 Å². The van der Waals surface area contributed by atoms with Gasteiger partial charge in [0, 0.05) is 16.4 Å². The van der Waals surface area contributed by atoms with Gasteiger partial charge in [-0.25, -0.2) is 0 Å². The number of thiophene rings is 1. The minimum atomic E-state index is -0.894. The summed E-state index contributed by atoms with van der Waals surface area (Å²) in [5, 5.41) is 1.97. The number of carbonyl (C=O) groups excluding carboxylic acids is 2. The van der Waals surface area contributed by atoms with Crippen LogP contribution in [0.1, 0.15) is 29.7 Å². The van der Waals surface area contributed by atoms with Gasteiger partial charge in [0.25, 0.3) is 0 Å².